The van der Waals surface area contributed by atoms with Gasteiger partial charge in [-0.05, 0) is 36.3 Å². The molecule has 4 heteroatoms. The van der Waals surface area contributed by atoms with Crippen molar-refractivity contribution in [2.45, 2.75) is 66.5 Å². The fraction of sp³-hybridized carbons (Fsp3) is 0.619. The standard InChI is InChI=1S/C21H32N4/c1-7-25-19(16-8-10-17(11-9-16)20(2,3)4)22-18(23-25)14-24-13-12-21(5,6)15-24/h8-11H,7,12-15H2,1-6H3. The summed E-state index contributed by atoms with van der Waals surface area (Å²) >= 11 is 0. The van der Waals surface area contributed by atoms with Crippen LogP contribution < -0.4 is 0 Å². The third-order valence-corrected chi connectivity index (χ3v) is 5.15. The molecule has 0 radical (unpaired) electrons. The van der Waals surface area contributed by atoms with Crippen molar-refractivity contribution in [3.05, 3.63) is 35.7 Å². The van der Waals surface area contributed by atoms with E-state index in [1.54, 1.807) is 0 Å². The average molecular weight is 341 g/mol. The van der Waals surface area contributed by atoms with Gasteiger partial charge in [0.2, 0.25) is 0 Å². The molecule has 0 unspecified atom stereocenters. The van der Waals surface area contributed by atoms with E-state index in [-0.39, 0.29) is 5.41 Å². The number of hydrogen-bond donors (Lipinski definition) is 0. The van der Waals surface area contributed by atoms with Gasteiger partial charge in [0.25, 0.3) is 0 Å². The molecule has 1 aromatic heterocycles. The van der Waals surface area contributed by atoms with Crippen molar-refractivity contribution in [1.29, 1.82) is 0 Å². The fourth-order valence-corrected chi connectivity index (χ4v) is 3.57. The maximum absolute atomic E-state index is 4.86. The molecule has 1 fully saturated rings. The first-order valence-electron chi connectivity index (χ1n) is 9.45. The Morgan fingerprint density at radius 2 is 1.80 bits per heavy atom. The molecule has 2 heterocycles. The Bertz CT molecular complexity index is 719. The van der Waals surface area contributed by atoms with Crippen LogP contribution in [0.1, 0.15) is 59.4 Å². The molecule has 0 aliphatic carbocycles. The van der Waals surface area contributed by atoms with Gasteiger partial charge in [0.1, 0.15) is 0 Å². The van der Waals surface area contributed by atoms with Gasteiger partial charge in [0.15, 0.2) is 11.6 Å². The maximum Gasteiger partial charge on any atom is 0.165 e. The second-order valence-corrected chi connectivity index (χ2v) is 9.12. The van der Waals surface area contributed by atoms with Crippen molar-refractivity contribution < 1.29 is 0 Å². The van der Waals surface area contributed by atoms with Gasteiger partial charge in [-0.15, -0.1) is 0 Å². The zero-order valence-corrected chi connectivity index (χ0v) is 16.6. The molecule has 3 rings (SSSR count). The number of likely N-dealkylation sites (tertiary alicyclic amines) is 1. The highest BCUT2D eigenvalue weighted by atomic mass is 15.4. The van der Waals surface area contributed by atoms with E-state index in [4.69, 9.17) is 10.1 Å². The van der Waals surface area contributed by atoms with Crippen LogP contribution in [0.15, 0.2) is 24.3 Å². The Hall–Kier alpha value is -1.68. The number of aryl methyl sites for hydroxylation is 1. The number of aromatic nitrogens is 3. The minimum atomic E-state index is 0.171. The molecule has 1 aromatic carbocycles. The summed E-state index contributed by atoms with van der Waals surface area (Å²) in [6.07, 6.45) is 1.25. The third-order valence-electron chi connectivity index (χ3n) is 5.15. The molecular formula is C21H32N4. The minimum absolute atomic E-state index is 0.171. The highest BCUT2D eigenvalue weighted by Crippen LogP contribution is 2.30. The van der Waals surface area contributed by atoms with Crippen LogP contribution in [0.3, 0.4) is 0 Å². The van der Waals surface area contributed by atoms with Crippen LogP contribution in [0, 0.1) is 5.41 Å². The summed E-state index contributed by atoms with van der Waals surface area (Å²) in [5.74, 6) is 1.92. The predicted molar refractivity (Wildman–Crippen MR) is 104 cm³/mol. The predicted octanol–water partition coefficient (Wildman–Crippen LogP) is 4.49. The van der Waals surface area contributed by atoms with Gasteiger partial charge >= 0.3 is 0 Å². The van der Waals surface area contributed by atoms with Crippen molar-refractivity contribution >= 4 is 0 Å². The molecule has 25 heavy (non-hydrogen) atoms. The second-order valence-electron chi connectivity index (χ2n) is 9.12. The van der Waals surface area contributed by atoms with E-state index in [0.29, 0.717) is 5.41 Å². The maximum atomic E-state index is 4.86. The number of hydrogen-bond acceptors (Lipinski definition) is 3. The summed E-state index contributed by atoms with van der Waals surface area (Å²) in [6.45, 7) is 17.5. The molecule has 0 spiro atoms. The zero-order valence-electron chi connectivity index (χ0n) is 16.6. The van der Waals surface area contributed by atoms with Crippen molar-refractivity contribution in [1.82, 2.24) is 19.7 Å². The Balaban J connectivity index is 1.81. The van der Waals surface area contributed by atoms with Crippen molar-refractivity contribution in [3.8, 4) is 11.4 Å². The van der Waals surface area contributed by atoms with Crippen LogP contribution in [0.25, 0.3) is 11.4 Å². The summed E-state index contributed by atoms with van der Waals surface area (Å²) in [7, 11) is 0. The van der Waals surface area contributed by atoms with Crippen LogP contribution >= 0.6 is 0 Å². The quantitative estimate of drug-likeness (QED) is 0.822. The Morgan fingerprint density at radius 1 is 1.12 bits per heavy atom. The molecule has 2 aromatic rings. The highest BCUT2D eigenvalue weighted by molar-refractivity contribution is 5.56. The van der Waals surface area contributed by atoms with Crippen LogP contribution in [0.5, 0.6) is 0 Å². The highest BCUT2D eigenvalue weighted by Gasteiger charge is 2.29. The van der Waals surface area contributed by atoms with E-state index in [1.165, 1.54) is 12.0 Å². The lowest BCUT2D eigenvalue weighted by molar-refractivity contribution is 0.278. The van der Waals surface area contributed by atoms with Gasteiger partial charge < -0.3 is 0 Å². The molecule has 0 atom stereocenters. The van der Waals surface area contributed by atoms with E-state index in [1.807, 2.05) is 4.68 Å². The number of nitrogens with zero attached hydrogens (tertiary/aromatic N) is 4. The summed E-state index contributed by atoms with van der Waals surface area (Å²) in [4.78, 5) is 7.34. The molecule has 1 aliphatic heterocycles. The molecule has 0 amide bonds. The van der Waals surface area contributed by atoms with Crippen LogP contribution in [0.2, 0.25) is 0 Å². The van der Waals surface area contributed by atoms with E-state index in [2.05, 4.69) is 70.7 Å². The first-order valence-corrected chi connectivity index (χ1v) is 9.45. The normalized spacial score (nSPS) is 18.0. The van der Waals surface area contributed by atoms with Gasteiger partial charge in [-0.1, -0.05) is 58.9 Å². The zero-order chi connectivity index (χ0) is 18.2. The van der Waals surface area contributed by atoms with Crippen LogP contribution in [-0.2, 0) is 18.5 Å². The Labute approximate surface area is 152 Å². The van der Waals surface area contributed by atoms with Crippen LogP contribution in [0.4, 0.5) is 0 Å². The molecule has 136 valence electrons. The summed E-state index contributed by atoms with van der Waals surface area (Å²) in [5.41, 5.74) is 3.08. The molecule has 1 aliphatic rings. The van der Waals surface area contributed by atoms with E-state index in [0.717, 1.165) is 43.4 Å². The number of benzene rings is 1. The van der Waals surface area contributed by atoms with E-state index < -0.39 is 0 Å². The first kappa shape index (κ1) is 18.1. The minimum Gasteiger partial charge on any atom is -0.295 e. The van der Waals surface area contributed by atoms with E-state index >= 15 is 0 Å². The topological polar surface area (TPSA) is 34.0 Å². The number of rotatable bonds is 4. The van der Waals surface area contributed by atoms with Gasteiger partial charge in [0, 0.05) is 18.7 Å². The van der Waals surface area contributed by atoms with Crippen molar-refractivity contribution in [2.24, 2.45) is 5.41 Å². The lowest BCUT2D eigenvalue weighted by atomic mass is 9.87. The molecular weight excluding hydrogens is 308 g/mol. The molecule has 0 saturated carbocycles. The largest absolute Gasteiger partial charge is 0.295 e. The van der Waals surface area contributed by atoms with E-state index in [9.17, 15) is 0 Å². The first-order chi connectivity index (χ1) is 11.7. The molecule has 0 N–H and O–H groups in total. The summed E-state index contributed by atoms with van der Waals surface area (Å²) < 4.78 is 2.03. The lowest BCUT2D eigenvalue weighted by Gasteiger charge is -2.19. The van der Waals surface area contributed by atoms with Gasteiger partial charge in [-0.25, -0.2) is 9.67 Å². The van der Waals surface area contributed by atoms with Gasteiger partial charge in [0.05, 0.1) is 6.54 Å². The smallest absolute Gasteiger partial charge is 0.165 e. The summed E-state index contributed by atoms with van der Waals surface area (Å²) in [5, 5.41) is 4.75. The van der Waals surface area contributed by atoms with Gasteiger partial charge in [-0.3, -0.25) is 4.90 Å². The summed E-state index contributed by atoms with van der Waals surface area (Å²) in [6, 6.07) is 8.79. The Kier molecular flexibility index (Phi) is 4.76. The average Bonchev–Trinajstić information content (AvgIpc) is 3.09. The van der Waals surface area contributed by atoms with Crippen molar-refractivity contribution in [3.63, 3.8) is 0 Å². The second kappa shape index (κ2) is 6.56. The third kappa shape index (κ3) is 4.12. The SMILES string of the molecule is CCn1nc(CN2CCC(C)(C)C2)nc1-c1ccc(C(C)(C)C)cc1. The van der Waals surface area contributed by atoms with Gasteiger partial charge in [-0.2, -0.15) is 5.10 Å². The molecule has 0 bridgehead atoms. The monoisotopic (exact) mass is 340 g/mol. The van der Waals surface area contributed by atoms with Crippen molar-refractivity contribution in [2.75, 3.05) is 13.1 Å². The fourth-order valence-electron chi connectivity index (χ4n) is 3.57. The van der Waals surface area contributed by atoms with Crippen LogP contribution in [-0.4, -0.2) is 32.8 Å². The molecule has 1 saturated heterocycles. The Morgan fingerprint density at radius 3 is 2.32 bits per heavy atom. The lowest BCUT2D eigenvalue weighted by Crippen LogP contribution is -2.23. The molecule has 4 nitrogen and oxygen atoms in total.